The Bertz CT molecular complexity index is 539. The van der Waals surface area contributed by atoms with E-state index in [0.717, 1.165) is 23.4 Å². The number of benzene rings is 1. The van der Waals surface area contributed by atoms with Gasteiger partial charge in [0, 0.05) is 29.9 Å². The minimum absolute atomic E-state index is 0.103. The van der Waals surface area contributed by atoms with Gasteiger partial charge in [0.15, 0.2) is 0 Å². The van der Waals surface area contributed by atoms with Gasteiger partial charge in [0.1, 0.15) is 5.75 Å². The summed E-state index contributed by atoms with van der Waals surface area (Å²) in [4.78, 5) is 0. The topological polar surface area (TPSA) is 59.3 Å². The summed E-state index contributed by atoms with van der Waals surface area (Å²) in [5, 5.41) is 16.5. The van der Waals surface area contributed by atoms with Crippen molar-refractivity contribution >= 4 is 0 Å². The Morgan fingerprint density at radius 1 is 1.40 bits per heavy atom. The van der Waals surface area contributed by atoms with E-state index >= 15 is 0 Å². The summed E-state index contributed by atoms with van der Waals surface area (Å²) in [6, 6.07) is 8.19. The number of para-hydroxylation sites is 1. The Morgan fingerprint density at radius 3 is 2.95 bits per heavy atom. The minimum Gasteiger partial charge on any atom is -0.496 e. The molecular weight excluding hydrogens is 254 g/mol. The highest BCUT2D eigenvalue weighted by atomic mass is 16.5. The SMILES string of the molecule is COc1ccccc1[C@@H](C)NCc1cnn(CCO)c1. The molecule has 0 saturated heterocycles. The van der Waals surface area contributed by atoms with Crippen LogP contribution in [0.15, 0.2) is 36.7 Å². The molecule has 0 spiro atoms. The molecule has 0 saturated carbocycles. The van der Waals surface area contributed by atoms with E-state index in [9.17, 15) is 0 Å². The highest BCUT2D eigenvalue weighted by Gasteiger charge is 2.10. The van der Waals surface area contributed by atoms with Crippen LogP contribution in [0.1, 0.15) is 24.1 Å². The lowest BCUT2D eigenvalue weighted by atomic mass is 10.1. The van der Waals surface area contributed by atoms with Gasteiger partial charge in [-0.05, 0) is 13.0 Å². The van der Waals surface area contributed by atoms with Crippen molar-refractivity contribution in [3.8, 4) is 5.75 Å². The molecule has 1 atom stereocenters. The van der Waals surface area contributed by atoms with E-state index in [1.165, 1.54) is 0 Å². The monoisotopic (exact) mass is 275 g/mol. The Morgan fingerprint density at radius 2 is 2.20 bits per heavy atom. The Hall–Kier alpha value is -1.85. The zero-order valence-corrected chi connectivity index (χ0v) is 11.9. The van der Waals surface area contributed by atoms with E-state index in [0.29, 0.717) is 6.54 Å². The van der Waals surface area contributed by atoms with E-state index in [-0.39, 0.29) is 12.6 Å². The molecule has 0 aliphatic carbocycles. The van der Waals surface area contributed by atoms with E-state index in [4.69, 9.17) is 9.84 Å². The molecule has 0 radical (unpaired) electrons. The highest BCUT2D eigenvalue weighted by molar-refractivity contribution is 5.35. The number of aliphatic hydroxyl groups excluding tert-OH is 1. The molecule has 20 heavy (non-hydrogen) atoms. The fourth-order valence-electron chi connectivity index (χ4n) is 2.13. The van der Waals surface area contributed by atoms with Crippen molar-refractivity contribution in [2.75, 3.05) is 13.7 Å². The zero-order valence-electron chi connectivity index (χ0n) is 11.9. The number of aromatic nitrogens is 2. The first kappa shape index (κ1) is 14.6. The van der Waals surface area contributed by atoms with Gasteiger partial charge < -0.3 is 15.2 Å². The molecule has 0 fully saturated rings. The maximum Gasteiger partial charge on any atom is 0.123 e. The van der Waals surface area contributed by atoms with Crippen LogP contribution in [-0.4, -0.2) is 28.6 Å². The van der Waals surface area contributed by atoms with Crippen LogP contribution in [0, 0.1) is 0 Å². The predicted octanol–water partition coefficient (Wildman–Crippen LogP) is 1.73. The zero-order chi connectivity index (χ0) is 14.4. The first-order chi connectivity index (χ1) is 9.74. The molecular formula is C15H21N3O2. The molecule has 108 valence electrons. The number of hydrogen-bond acceptors (Lipinski definition) is 4. The third kappa shape index (κ3) is 3.59. The van der Waals surface area contributed by atoms with Crippen molar-refractivity contribution in [1.82, 2.24) is 15.1 Å². The maximum absolute atomic E-state index is 8.86. The highest BCUT2D eigenvalue weighted by Crippen LogP contribution is 2.24. The number of rotatable bonds is 7. The summed E-state index contributed by atoms with van der Waals surface area (Å²) < 4.78 is 7.11. The molecule has 0 aliphatic heterocycles. The van der Waals surface area contributed by atoms with Gasteiger partial charge >= 0.3 is 0 Å². The van der Waals surface area contributed by atoms with Gasteiger partial charge in [0.05, 0.1) is 26.5 Å². The number of aliphatic hydroxyl groups is 1. The van der Waals surface area contributed by atoms with E-state index < -0.39 is 0 Å². The lowest BCUT2D eigenvalue weighted by Gasteiger charge is -2.16. The van der Waals surface area contributed by atoms with Crippen LogP contribution in [0.4, 0.5) is 0 Å². The first-order valence-corrected chi connectivity index (χ1v) is 6.73. The number of nitrogens with one attached hydrogen (secondary N) is 1. The molecule has 1 aromatic heterocycles. The van der Waals surface area contributed by atoms with E-state index in [1.54, 1.807) is 11.8 Å². The average Bonchev–Trinajstić information content (AvgIpc) is 2.93. The summed E-state index contributed by atoms with van der Waals surface area (Å²) in [7, 11) is 1.68. The fourth-order valence-corrected chi connectivity index (χ4v) is 2.13. The lowest BCUT2D eigenvalue weighted by molar-refractivity contribution is 0.269. The molecule has 5 heteroatoms. The lowest BCUT2D eigenvalue weighted by Crippen LogP contribution is -2.18. The molecule has 5 nitrogen and oxygen atoms in total. The second kappa shape index (κ2) is 7.07. The molecule has 0 unspecified atom stereocenters. The van der Waals surface area contributed by atoms with Gasteiger partial charge in [-0.15, -0.1) is 0 Å². The van der Waals surface area contributed by atoms with Gasteiger partial charge in [-0.2, -0.15) is 5.10 Å². The molecule has 0 aliphatic rings. The molecule has 1 heterocycles. The molecule has 0 bridgehead atoms. The van der Waals surface area contributed by atoms with Gasteiger partial charge in [0.2, 0.25) is 0 Å². The molecule has 2 N–H and O–H groups in total. The number of nitrogens with zero attached hydrogens (tertiary/aromatic N) is 2. The normalized spacial score (nSPS) is 12.3. The Kier molecular flexibility index (Phi) is 5.15. The largest absolute Gasteiger partial charge is 0.496 e. The third-order valence-corrected chi connectivity index (χ3v) is 3.23. The average molecular weight is 275 g/mol. The van der Waals surface area contributed by atoms with Crippen LogP contribution < -0.4 is 10.1 Å². The predicted molar refractivity (Wildman–Crippen MR) is 77.6 cm³/mol. The van der Waals surface area contributed by atoms with Gasteiger partial charge in [-0.1, -0.05) is 18.2 Å². The molecule has 1 aromatic carbocycles. The van der Waals surface area contributed by atoms with Crippen molar-refractivity contribution in [3.63, 3.8) is 0 Å². The molecule has 2 rings (SSSR count). The molecule has 0 amide bonds. The van der Waals surface area contributed by atoms with Crippen LogP contribution in [0.5, 0.6) is 5.75 Å². The van der Waals surface area contributed by atoms with Crippen molar-refractivity contribution in [3.05, 3.63) is 47.8 Å². The van der Waals surface area contributed by atoms with E-state index in [2.05, 4.69) is 23.4 Å². The van der Waals surface area contributed by atoms with Crippen molar-refractivity contribution in [2.45, 2.75) is 26.1 Å². The fraction of sp³-hybridized carbons (Fsp3) is 0.400. The Balaban J connectivity index is 1.95. The maximum atomic E-state index is 8.86. The first-order valence-electron chi connectivity index (χ1n) is 6.73. The van der Waals surface area contributed by atoms with Gasteiger partial charge in [-0.25, -0.2) is 0 Å². The summed E-state index contributed by atoms with van der Waals surface area (Å²) >= 11 is 0. The summed E-state index contributed by atoms with van der Waals surface area (Å²) in [6.07, 6.45) is 3.76. The van der Waals surface area contributed by atoms with Gasteiger partial charge in [0.25, 0.3) is 0 Å². The summed E-state index contributed by atoms with van der Waals surface area (Å²) in [5.41, 5.74) is 2.23. The van der Waals surface area contributed by atoms with Crippen molar-refractivity contribution in [1.29, 1.82) is 0 Å². The van der Waals surface area contributed by atoms with Crippen molar-refractivity contribution < 1.29 is 9.84 Å². The van der Waals surface area contributed by atoms with Crippen LogP contribution in [-0.2, 0) is 13.1 Å². The van der Waals surface area contributed by atoms with Crippen LogP contribution in [0.3, 0.4) is 0 Å². The van der Waals surface area contributed by atoms with Crippen molar-refractivity contribution in [2.24, 2.45) is 0 Å². The summed E-state index contributed by atoms with van der Waals surface area (Å²) in [5.74, 6) is 0.892. The number of hydrogen-bond donors (Lipinski definition) is 2. The third-order valence-electron chi connectivity index (χ3n) is 3.23. The Labute approximate surface area is 119 Å². The van der Waals surface area contributed by atoms with Crippen LogP contribution >= 0.6 is 0 Å². The summed E-state index contributed by atoms with van der Waals surface area (Å²) in [6.45, 7) is 3.47. The van der Waals surface area contributed by atoms with Crippen LogP contribution in [0.2, 0.25) is 0 Å². The smallest absolute Gasteiger partial charge is 0.123 e. The van der Waals surface area contributed by atoms with E-state index in [1.807, 2.05) is 30.6 Å². The molecule has 2 aromatic rings. The standard InChI is InChI=1S/C15H21N3O2/c1-12(14-5-3-4-6-15(14)20-2)16-9-13-10-17-18(11-13)7-8-19/h3-6,10-12,16,19H,7-9H2,1-2H3/t12-/m1/s1. The minimum atomic E-state index is 0.103. The number of ether oxygens (including phenoxy) is 1. The second-order valence-electron chi connectivity index (χ2n) is 4.68. The number of methoxy groups -OCH3 is 1. The van der Waals surface area contributed by atoms with Gasteiger partial charge in [-0.3, -0.25) is 4.68 Å². The quantitative estimate of drug-likeness (QED) is 0.808. The second-order valence-corrected chi connectivity index (χ2v) is 4.68. The van der Waals surface area contributed by atoms with Crippen LogP contribution in [0.25, 0.3) is 0 Å².